The number of amides is 2. The molecule has 6 aliphatic rings. The van der Waals surface area contributed by atoms with Crippen LogP contribution in [0, 0.1) is 11.6 Å². The SMILES string of the molecule is CC(C)(C)OC(=O)N1CC(=O)C1.CC(C)(C)OC(=O)N1CC(N2CCN(c3cccc(-c4cnc5ccc(N6CCC[C@@H]6c6cccc(F)c6)nn45)n3)CC2)C1.Fc1cccc([C@H]2CCCN2c2ccc3ncc(-c4cccc(N5CCNCC5)n4)n3n2)c1. The summed E-state index contributed by atoms with van der Waals surface area (Å²) in [5, 5.41) is 13.3. The number of nitrogens with one attached hydrogen (secondary N) is 1. The number of likely N-dealkylation sites (tertiary alicyclic amines) is 2. The molecule has 89 heavy (non-hydrogen) atoms. The van der Waals surface area contributed by atoms with Crippen LogP contribution >= 0.6 is 0 Å². The van der Waals surface area contributed by atoms with Gasteiger partial charge in [0.2, 0.25) is 0 Å². The Labute approximate surface area is 517 Å². The first-order chi connectivity index (χ1) is 42.9. The van der Waals surface area contributed by atoms with Gasteiger partial charge in [-0.05, 0) is 151 Å². The molecule has 2 aromatic carbocycles. The number of pyridine rings is 2. The second kappa shape index (κ2) is 25.7. The van der Waals surface area contributed by atoms with Gasteiger partial charge in [0, 0.05) is 84.6 Å². The van der Waals surface area contributed by atoms with Crippen molar-refractivity contribution >= 4 is 52.5 Å². The first kappa shape index (κ1) is 60.5. The van der Waals surface area contributed by atoms with Gasteiger partial charge in [0.15, 0.2) is 17.1 Å². The quantitative estimate of drug-likeness (QED) is 0.144. The van der Waals surface area contributed by atoms with Gasteiger partial charge in [0.05, 0.1) is 49.0 Å². The third-order valence-corrected chi connectivity index (χ3v) is 16.7. The summed E-state index contributed by atoms with van der Waals surface area (Å²) in [7, 11) is 0. The number of halogens is 2. The molecule has 1 N–H and O–H groups in total. The molecule has 0 spiro atoms. The number of carbonyl (C=O) groups excluding carboxylic acids is 3. The number of Topliss-reactive ketones (excluding diaryl/α,β-unsaturated/α-hetero) is 1. The van der Waals surface area contributed by atoms with Gasteiger partial charge in [0.25, 0.3) is 0 Å². The predicted octanol–water partition coefficient (Wildman–Crippen LogP) is 9.50. The summed E-state index contributed by atoms with van der Waals surface area (Å²) in [6.07, 6.45) is 7.05. The minimum absolute atomic E-state index is 0.0841. The number of benzene rings is 2. The number of rotatable bonds is 9. The topological polar surface area (TPSA) is 191 Å². The number of hydrogen-bond acceptors (Lipinski definition) is 17. The lowest BCUT2D eigenvalue weighted by Gasteiger charge is -2.48. The van der Waals surface area contributed by atoms with Crippen LogP contribution in [0.1, 0.15) is 90.4 Å². The predicted molar refractivity (Wildman–Crippen MR) is 337 cm³/mol. The lowest BCUT2D eigenvalue weighted by Crippen LogP contribution is -2.64. The molecule has 2 amide bonds. The van der Waals surface area contributed by atoms with Crippen molar-refractivity contribution < 1.29 is 32.6 Å². The van der Waals surface area contributed by atoms with Crippen LogP contribution in [0.25, 0.3) is 34.1 Å². The van der Waals surface area contributed by atoms with E-state index in [-0.39, 0.29) is 48.7 Å². The van der Waals surface area contributed by atoms with Gasteiger partial charge in [-0.3, -0.25) is 14.6 Å². The molecule has 8 aromatic rings. The number of aromatic nitrogens is 8. The Hall–Kier alpha value is -8.83. The van der Waals surface area contributed by atoms with E-state index in [1.54, 1.807) is 49.9 Å². The highest BCUT2D eigenvalue weighted by Crippen LogP contribution is 2.38. The third-order valence-electron chi connectivity index (χ3n) is 16.7. The zero-order chi connectivity index (χ0) is 62.0. The number of ketones is 1. The molecular weight excluding hydrogens is 1130 g/mol. The average molecular weight is 1210 g/mol. The minimum atomic E-state index is -0.476. The van der Waals surface area contributed by atoms with Crippen molar-refractivity contribution in [3.05, 3.63) is 144 Å². The monoisotopic (exact) mass is 1210 g/mol. The van der Waals surface area contributed by atoms with Crippen LogP contribution in [0.5, 0.6) is 0 Å². The maximum atomic E-state index is 14.0. The Kier molecular flexibility index (Phi) is 17.5. The van der Waals surface area contributed by atoms with E-state index in [2.05, 4.69) is 51.9 Å². The van der Waals surface area contributed by atoms with Crippen LogP contribution in [-0.2, 0) is 14.3 Å². The standard InChI is InChI=1S/C33H39FN8O2.C25H26FN7.C8H13NO3/c1-33(2,3)44-32(43)40-21-25(22-40)38-15-17-39(18-16-38)30-11-5-9-26(36-30)28-20-35-29-12-13-31(37-42(28)29)41-14-6-10-27(41)23-7-4-8-24(34)19-23;26-19-5-1-4-18(16-19)21-7-3-13-32(21)25-10-9-23-28-17-22(33(23)30-25)20-6-2-8-24(29-20)31-14-11-27-12-15-31;1-8(2,3)12-7(11)9-4-6(10)5-9/h4-5,7-9,11-13,19-20,25,27H,6,10,14-18,21-22H2,1-3H3;1-2,4-6,8-10,16-17,21,27H,3,7,11-15H2;4-5H2,1-3H3/t27-;21-;/m11./s1. The summed E-state index contributed by atoms with van der Waals surface area (Å²) < 4.78 is 42.1. The number of anilines is 4. The first-order valence-electron chi connectivity index (χ1n) is 31.0. The largest absolute Gasteiger partial charge is 0.444 e. The molecule has 0 unspecified atom stereocenters. The van der Waals surface area contributed by atoms with Crippen LogP contribution < -0.4 is 24.9 Å². The van der Waals surface area contributed by atoms with Gasteiger partial charge in [-0.15, -0.1) is 10.2 Å². The van der Waals surface area contributed by atoms with Crippen molar-refractivity contribution in [2.45, 2.75) is 96.6 Å². The van der Waals surface area contributed by atoms with Crippen molar-refractivity contribution in [2.75, 3.05) is 111 Å². The summed E-state index contributed by atoms with van der Waals surface area (Å²) in [4.78, 5) is 67.9. The molecule has 6 fully saturated rings. The zero-order valence-corrected chi connectivity index (χ0v) is 51.5. The van der Waals surface area contributed by atoms with E-state index in [1.165, 1.54) is 17.0 Å². The van der Waals surface area contributed by atoms with Crippen LogP contribution in [0.4, 0.5) is 41.6 Å². The van der Waals surface area contributed by atoms with Gasteiger partial charge in [-0.2, -0.15) is 0 Å². The van der Waals surface area contributed by atoms with Crippen molar-refractivity contribution in [2.24, 2.45) is 0 Å². The molecule has 21 nitrogen and oxygen atoms in total. The van der Waals surface area contributed by atoms with E-state index < -0.39 is 17.3 Å². The van der Waals surface area contributed by atoms with E-state index in [4.69, 9.17) is 29.6 Å². The van der Waals surface area contributed by atoms with Gasteiger partial charge in [-0.1, -0.05) is 36.4 Å². The summed E-state index contributed by atoms with van der Waals surface area (Å²) >= 11 is 0. The van der Waals surface area contributed by atoms with E-state index in [0.29, 0.717) is 19.1 Å². The fraction of sp³-hybridized carbons (Fsp3) is 0.439. The van der Waals surface area contributed by atoms with Crippen molar-refractivity contribution in [1.29, 1.82) is 0 Å². The molecule has 23 heteroatoms. The second-order valence-corrected chi connectivity index (χ2v) is 25.5. The smallest absolute Gasteiger partial charge is 0.411 e. The molecule has 6 saturated heterocycles. The van der Waals surface area contributed by atoms with E-state index >= 15 is 0 Å². The van der Waals surface area contributed by atoms with Crippen LogP contribution in [0.3, 0.4) is 0 Å². The Balaban J connectivity index is 0.000000150. The Bertz CT molecular complexity index is 3820. The molecule has 12 heterocycles. The number of carbonyl (C=O) groups is 3. The highest BCUT2D eigenvalue weighted by Gasteiger charge is 2.39. The first-order valence-corrected chi connectivity index (χ1v) is 31.0. The molecule has 6 aromatic heterocycles. The van der Waals surface area contributed by atoms with Crippen molar-refractivity contribution in [3.63, 3.8) is 0 Å². The van der Waals surface area contributed by atoms with Gasteiger partial charge in [0.1, 0.15) is 57.5 Å². The fourth-order valence-electron chi connectivity index (χ4n) is 12.3. The molecule has 0 bridgehead atoms. The van der Waals surface area contributed by atoms with Crippen LogP contribution in [0.15, 0.2) is 122 Å². The normalized spacial score (nSPS) is 19.2. The molecule has 2 atom stereocenters. The molecule has 0 saturated carbocycles. The molecule has 466 valence electrons. The lowest BCUT2D eigenvalue weighted by atomic mass is 10.0. The van der Waals surface area contributed by atoms with Crippen LogP contribution in [0.2, 0.25) is 0 Å². The number of fused-ring (bicyclic) bond motifs is 2. The van der Waals surface area contributed by atoms with Gasteiger partial charge in [-0.25, -0.2) is 47.3 Å². The average Bonchev–Trinajstić information content (AvgIpc) is 2.04. The highest BCUT2D eigenvalue weighted by molar-refractivity contribution is 5.94. The fourth-order valence-corrected chi connectivity index (χ4v) is 12.3. The van der Waals surface area contributed by atoms with E-state index in [0.717, 1.165) is 160 Å². The second-order valence-electron chi connectivity index (χ2n) is 25.5. The number of hydrogen-bond donors (Lipinski definition) is 1. The third kappa shape index (κ3) is 14.1. The highest BCUT2D eigenvalue weighted by atomic mass is 19.1. The summed E-state index contributed by atoms with van der Waals surface area (Å²) in [6.45, 7) is 22.1. The maximum absolute atomic E-state index is 14.0. The summed E-state index contributed by atoms with van der Waals surface area (Å²) in [6, 6.07) is 34.6. The number of imidazole rings is 2. The Morgan fingerprint density at radius 3 is 1.46 bits per heavy atom. The number of piperazine rings is 2. The lowest BCUT2D eigenvalue weighted by molar-refractivity contribution is -0.128. The Morgan fingerprint density at radius 2 is 1.00 bits per heavy atom. The van der Waals surface area contributed by atoms with Crippen molar-refractivity contribution in [3.8, 4) is 22.8 Å². The zero-order valence-electron chi connectivity index (χ0n) is 51.5. The summed E-state index contributed by atoms with van der Waals surface area (Å²) in [5.74, 6) is 3.29. The van der Waals surface area contributed by atoms with Gasteiger partial charge >= 0.3 is 12.2 Å². The Morgan fingerprint density at radius 1 is 0.539 bits per heavy atom. The number of ether oxygens (including phenoxy) is 2. The van der Waals surface area contributed by atoms with Gasteiger partial charge < -0.3 is 39.3 Å². The molecule has 6 aliphatic heterocycles. The maximum Gasteiger partial charge on any atom is 0.411 e. The van der Waals surface area contributed by atoms with E-state index in [9.17, 15) is 23.2 Å². The minimum Gasteiger partial charge on any atom is -0.444 e. The van der Waals surface area contributed by atoms with E-state index in [1.807, 2.05) is 103 Å². The van der Waals surface area contributed by atoms with Crippen LogP contribution in [-0.4, -0.2) is 181 Å². The molecule has 0 aliphatic carbocycles. The molecular formula is C66H78F2N16O5. The summed E-state index contributed by atoms with van der Waals surface area (Å²) in [5.41, 5.74) is 5.92. The molecule has 0 radical (unpaired) electrons. The van der Waals surface area contributed by atoms with Crippen molar-refractivity contribution in [1.82, 2.24) is 59.2 Å². The molecule has 14 rings (SSSR count). The number of nitrogens with zero attached hydrogens (tertiary/aromatic N) is 15.